The molecule has 12 atom stereocenters. The Bertz CT molecular complexity index is 2750. The van der Waals surface area contributed by atoms with Crippen molar-refractivity contribution in [2.75, 3.05) is 48.8 Å². The van der Waals surface area contributed by atoms with E-state index >= 15 is 0 Å². The van der Waals surface area contributed by atoms with Crippen molar-refractivity contribution >= 4 is 70.9 Å². The third-order valence-electron chi connectivity index (χ3n) is 16.2. The molecule has 1 heterocycles. The van der Waals surface area contributed by atoms with Crippen LogP contribution in [-0.4, -0.2) is 227 Å². The summed E-state index contributed by atoms with van der Waals surface area (Å²) >= 11 is 0. The van der Waals surface area contributed by atoms with Gasteiger partial charge in [-0.15, -0.1) is 0 Å². The van der Waals surface area contributed by atoms with Crippen molar-refractivity contribution in [2.24, 2.45) is 17.8 Å². The summed E-state index contributed by atoms with van der Waals surface area (Å²) in [6.45, 7) is 18.3. The molecule has 1 saturated heterocycles. The van der Waals surface area contributed by atoms with Gasteiger partial charge in [0.1, 0.15) is 60.4 Å². The summed E-state index contributed by atoms with van der Waals surface area (Å²) in [5, 5.41) is 27.2. The lowest BCUT2D eigenvalue weighted by molar-refractivity contribution is -0.148. The van der Waals surface area contributed by atoms with E-state index < -0.39 is 162 Å². The summed E-state index contributed by atoms with van der Waals surface area (Å²) in [5.74, 6) is -9.88. The molecule has 25 nitrogen and oxygen atoms in total. The van der Waals surface area contributed by atoms with Gasteiger partial charge in [0.15, 0.2) is 0 Å². The van der Waals surface area contributed by atoms with Crippen LogP contribution in [-0.2, 0) is 70.4 Å². The van der Waals surface area contributed by atoms with Gasteiger partial charge in [0.25, 0.3) is 0 Å². The van der Waals surface area contributed by atoms with Gasteiger partial charge in [0, 0.05) is 67.6 Å². The second-order valence-corrected chi connectivity index (χ2v) is 24.1. The molecule has 1 aliphatic heterocycles. The fraction of sp³-hybridized carbons (Fsp3) is 0.613. The van der Waals surface area contributed by atoms with Crippen molar-refractivity contribution in [1.29, 1.82) is 0 Å². The number of carbonyl (C=O) groups excluding carboxylic acids is 12. The lowest BCUT2D eigenvalue weighted by Gasteiger charge is -2.36. The third-order valence-corrected chi connectivity index (χ3v) is 16.2. The smallest absolute Gasteiger partial charge is 0.248 e. The molecule has 12 amide bonds. The average molecular weight is 1220 g/mol. The Morgan fingerprint density at radius 2 is 0.885 bits per heavy atom. The van der Waals surface area contributed by atoms with Crippen LogP contribution in [0.2, 0.25) is 0 Å². The second-order valence-electron chi connectivity index (χ2n) is 24.1. The predicted molar refractivity (Wildman–Crippen MR) is 326 cm³/mol. The first-order chi connectivity index (χ1) is 40.5. The van der Waals surface area contributed by atoms with Gasteiger partial charge < -0.3 is 66.4 Å². The number of nitrogens with one attached hydrogen (secondary N) is 6. The first kappa shape index (κ1) is 73.3. The molecule has 2 aromatic carbocycles. The monoisotopic (exact) mass is 1220 g/mol. The van der Waals surface area contributed by atoms with Crippen molar-refractivity contribution in [2.45, 2.75) is 181 Å². The Morgan fingerprint density at radius 3 is 1.37 bits per heavy atom. The van der Waals surface area contributed by atoms with Crippen molar-refractivity contribution in [3.05, 3.63) is 71.8 Å². The number of hydrogen-bond acceptors (Lipinski definition) is 13. The van der Waals surface area contributed by atoms with Crippen molar-refractivity contribution < 1.29 is 62.6 Å². The molecule has 0 saturated carbocycles. The van der Waals surface area contributed by atoms with Gasteiger partial charge in [-0.2, -0.15) is 0 Å². The first-order valence-electron chi connectivity index (χ1n) is 29.7. The molecule has 0 radical (unpaired) electrons. The van der Waals surface area contributed by atoms with E-state index in [0.717, 1.165) is 19.6 Å². The zero-order valence-electron chi connectivity index (χ0n) is 54.0. The van der Waals surface area contributed by atoms with E-state index in [1.807, 2.05) is 13.8 Å². The van der Waals surface area contributed by atoms with E-state index in [1.54, 1.807) is 95.3 Å². The SMILES string of the molecule is CC(C)C[C@@H]1NC(=O)[C@H](C)N(C)C(=O)[C@H]([C@@H](C)O)NC(=O)[C@H](Cc2ccccc2)N(C)C(=O)CNC(=O)[C@H](C(C)C)N(C)C(=O)[C@H](C(C)C)NC(=O)[C@H](C)N(C)C(=O)[C@H](Cc2ccccc2)NC(=O)[C@H](C)N(C)C(=O)[C@@H](C)N(C)C(=O)C[C@H](C)NC1=O. The molecule has 0 aliphatic carbocycles. The van der Waals surface area contributed by atoms with Crippen LogP contribution in [0, 0.1) is 17.8 Å². The first-order valence-corrected chi connectivity index (χ1v) is 29.7. The minimum Gasteiger partial charge on any atom is -0.391 e. The normalized spacial score (nSPS) is 27.0. The average Bonchev–Trinajstić information content (AvgIpc) is 2.15. The topological polar surface area (TPSA) is 317 Å². The van der Waals surface area contributed by atoms with Crippen LogP contribution in [0.15, 0.2) is 60.7 Å². The highest BCUT2D eigenvalue weighted by Gasteiger charge is 2.41. The Kier molecular flexibility index (Phi) is 28.0. The fourth-order valence-electron chi connectivity index (χ4n) is 9.90. The number of amides is 12. The molecule has 0 unspecified atom stereocenters. The van der Waals surface area contributed by atoms with E-state index in [4.69, 9.17) is 0 Å². The number of aliphatic hydroxyl groups excluding tert-OH is 1. The number of aliphatic hydroxyl groups is 1. The maximum atomic E-state index is 14.5. The van der Waals surface area contributed by atoms with Gasteiger partial charge in [-0.05, 0) is 76.8 Å². The molecule has 482 valence electrons. The van der Waals surface area contributed by atoms with Gasteiger partial charge in [-0.3, -0.25) is 57.5 Å². The van der Waals surface area contributed by atoms with Crippen LogP contribution >= 0.6 is 0 Å². The summed E-state index contributed by atoms with van der Waals surface area (Å²) < 4.78 is 0. The molecule has 0 bridgehead atoms. The largest absolute Gasteiger partial charge is 0.391 e. The molecule has 0 aromatic heterocycles. The number of nitrogens with zero attached hydrogens (tertiary/aromatic N) is 6. The number of rotatable bonds is 9. The second kappa shape index (κ2) is 33.2. The molecule has 3 rings (SSSR count). The molecule has 1 fully saturated rings. The lowest BCUT2D eigenvalue weighted by atomic mass is 9.97. The quantitative estimate of drug-likeness (QED) is 0.177. The van der Waals surface area contributed by atoms with Crippen molar-refractivity contribution in [3.8, 4) is 0 Å². The molecule has 87 heavy (non-hydrogen) atoms. The van der Waals surface area contributed by atoms with Crippen LogP contribution in [0.1, 0.15) is 107 Å². The zero-order chi connectivity index (χ0) is 66.1. The van der Waals surface area contributed by atoms with Crippen LogP contribution in [0.5, 0.6) is 0 Å². The Labute approximate surface area is 512 Å². The van der Waals surface area contributed by atoms with Crippen molar-refractivity contribution in [1.82, 2.24) is 61.3 Å². The number of benzene rings is 2. The van der Waals surface area contributed by atoms with E-state index in [1.165, 1.54) is 86.7 Å². The molecule has 0 spiro atoms. The number of carbonyl (C=O) groups is 12. The van der Waals surface area contributed by atoms with E-state index in [9.17, 15) is 62.6 Å². The highest BCUT2D eigenvalue weighted by atomic mass is 16.3. The summed E-state index contributed by atoms with van der Waals surface area (Å²) in [5.41, 5.74) is 1.27. The van der Waals surface area contributed by atoms with Gasteiger partial charge in [-0.25, -0.2) is 0 Å². The molecular formula is C62H96N12O13. The predicted octanol–water partition coefficient (Wildman–Crippen LogP) is 0.216. The maximum Gasteiger partial charge on any atom is 0.248 e. The summed E-state index contributed by atoms with van der Waals surface area (Å²) in [6.07, 6.45) is -1.79. The van der Waals surface area contributed by atoms with Crippen LogP contribution < -0.4 is 31.9 Å². The Hall–Kier alpha value is -7.96. The molecular weight excluding hydrogens is 1120 g/mol. The molecule has 25 heteroatoms. The summed E-state index contributed by atoms with van der Waals surface area (Å²) in [7, 11) is 8.14. The summed E-state index contributed by atoms with van der Waals surface area (Å²) in [6, 6.07) is 3.92. The van der Waals surface area contributed by atoms with Crippen LogP contribution in [0.25, 0.3) is 0 Å². The summed E-state index contributed by atoms with van der Waals surface area (Å²) in [4.78, 5) is 177. The number of likely N-dealkylation sites (N-methyl/N-ethyl adjacent to an activating group) is 6. The van der Waals surface area contributed by atoms with Gasteiger partial charge >= 0.3 is 0 Å². The fourth-order valence-corrected chi connectivity index (χ4v) is 9.90. The molecule has 2 aromatic rings. The number of hydrogen-bond donors (Lipinski definition) is 7. The van der Waals surface area contributed by atoms with Crippen LogP contribution in [0.4, 0.5) is 0 Å². The maximum absolute atomic E-state index is 14.5. The van der Waals surface area contributed by atoms with Crippen molar-refractivity contribution in [3.63, 3.8) is 0 Å². The van der Waals surface area contributed by atoms with Gasteiger partial charge in [0.05, 0.1) is 12.6 Å². The Balaban J connectivity index is 2.13. The zero-order valence-corrected chi connectivity index (χ0v) is 54.0. The lowest BCUT2D eigenvalue weighted by Crippen LogP contribution is -2.61. The highest BCUT2D eigenvalue weighted by Crippen LogP contribution is 2.18. The van der Waals surface area contributed by atoms with Gasteiger partial charge in [-0.1, -0.05) is 102 Å². The highest BCUT2D eigenvalue weighted by molar-refractivity contribution is 5.99. The van der Waals surface area contributed by atoms with Gasteiger partial charge in [0.2, 0.25) is 70.9 Å². The minimum atomic E-state index is -1.66. The van der Waals surface area contributed by atoms with Crippen LogP contribution in [0.3, 0.4) is 0 Å². The minimum absolute atomic E-state index is 0.0225. The standard InChI is InChI=1S/C62H96N12O13/c1-34(2)29-45-56(81)64-37(7)30-48(76)69(13)41(11)59(84)70(14)38(8)54(79)66-46(31-43-25-21-19-22-26-43)60(85)71(15)40(10)55(80)67-50(35(3)4)61(86)74(18)52(36(5)6)58(83)63-33-49(77)73(17)47(32-44-27-23-20-24-28-44)57(82)68-51(42(12)75)62(87)72(16)39(9)53(78)65-45/h19-28,34-42,45-47,50-52,75H,29-33H2,1-18H3,(H,63,83)(H,64,81)(H,65,78)(H,66,79)(H,67,80)(H,68,82)/t37-,38-,39-,40-,41+,42+,45-,46-,47-,50-,51-,52-/m0/s1. The third kappa shape index (κ3) is 20.3. The van der Waals surface area contributed by atoms with E-state index in [2.05, 4.69) is 31.9 Å². The Morgan fingerprint density at radius 1 is 0.437 bits per heavy atom. The molecule has 1 aliphatic rings. The van der Waals surface area contributed by atoms with E-state index in [0.29, 0.717) is 11.1 Å². The van der Waals surface area contributed by atoms with E-state index in [-0.39, 0.29) is 31.6 Å². The molecule has 7 N–H and O–H groups in total.